The molecule has 23 heavy (non-hydrogen) atoms. The molecule has 0 amide bonds. The van der Waals surface area contributed by atoms with Gasteiger partial charge >= 0.3 is 6.18 Å². The Balaban J connectivity index is 2.06. The summed E-state index contributed by atoms with van der Waals surface area (Å²) in [5.74, 6) is 0.660. The molecule has 1 aromatic rings. The lowest BCUT2D eigenvalue weighted by Crippen LogP contribution is -2.42. The summed E-state index contributed by atoms with van der Waals surface area (Å²) in [5, 5.41) is 3.34. The van der Waals surface area contributed by atoms with Crippen LogP contribution in [0.25, 0.3) is 0 Å². The number of alkyl halides is 3. The number of nitrogens with zero attached hydrogens (tertiary/aromatic N) is 1. The molecule has 1 N–H and O–H groups in total. The number of piperidine rings is 1. The van der Waals surface area contributed by atoms with Crippen molar-refractivity contribution in [3.63, 3.8) is 0 Å². The Hall–Kier alpha value is -1.23. The molecular formula is C18H25F3N2. The maximum Gasteiger partial charge on any atom is 0.418 e. The van der Waals surface area contributed by atoms with Crippen molar-refractivity contribution in [1.29, 1.82) is 0 Å². The van der Waals surface area contributed by atoms with Gasteiger partial charge in [-0.25, -0.2) is 0 Å². The van der Waals surface area contributed by atoms with E-state index in [2.05, 4.69) is 19.2 Å². The first-order valence-electron chi connectivity index (χ1n) is 8.46. The molecule has 2 unspecified atom stereocenters. The predicted octanol–water partition coefficient (Wildman–Crippen LogP) is 4.19. The van der Waals surface area contributed by atoms with Crippen molar-refractivity contribution in [2.24, 2.45) is 5.92 Å². The summed E-state index contributed by atoms with van der Waals surface area (Å²) in [6.07, 6.45) is -1.78. The lowest BCUT2D eigenvalue weighted by molar-refractivity contribution is -0.137. The smallest absolute Gasteiger partial charge is 0.370 e. The molecule has 0 aromatic heterocycles. The summed E-state index contributed by atoms with van der Waals surface area (Å²) in [7, 11) is 1.82. The Labute approximate surface area is 136 Å². The van der Waals surface area contributed by atoms with Crippen molar-refractivity contribution in [3.8, 4) is 0 Å². The lowest BCUT2D eigenvalue weighted by Gasteiger charge is -2.31. The fraction of sp³-hybridized carbons (Fsp3) is 0.667. The number of nitrogens with one attached hydrogen (secondary N) is 1. The van der Waals surface area contributed by atoms with Crippen LogP contribution >= 0.6 is 0 Å². The molecule has 1 aromatic carbocycles. The summed E-state index contributed by atoms with van der Waals surface area (Å²) in [6.45, 7) is 5.85. The summed E-state index contributed by atoms with van der Waals surface area (Å²) < 4.78 is 40.9. The van der Waals surface area contributed by atoms with E-state index in [9.17, 15) is 13.2 Å². The van der Waals surface area contributed by atoms with Crippen LogP contribution in [0.4, 0.5) is 18.9 Å². The summed E-state index contributed by atoms with van der Waals surface area (Å²) in [6, 6.07) is 3.59. The second-order valence-electron chi connectivity index (χ2n) is 7.29. The van der Waals surface area contributed by atoms with Crippen LogP contribution in [0.15, 0.2) is 12.1 Å². The van der Waals surface area contributed by atoms with E-state index in [4.69, 9.17) is 0 Å². The molecule has 2 atom stereocenters. The van der Waals surface area contributed by atoms with Crippen molar-refractivity contribution >= 4 is 5.69 Å². The minimum atomic E-state index is -4.30. The molecule has 2 heterocycles. The van der Waals surface area contributed by atoms with Gasteiger partial charge in [0.05, 0.1) is 11.3 Å². The average molecular weight is 326 g/mol. The van der Waals surface area contributed by atoms with Crippen LogP contribution in [0.1, 0.15) is 49.3 Å². The van der Waals surface area contributed by atoms with Crippen molar-refractivity contribution < 1.29 is 13.2 Å². The van der Waals surface area contributed by atoms with E-state index in [0.717, 1.165) is 37.1 Å². The number of hydrogen-bond donors (Lipinski definition) is 1. The summed E-state index contributed by atoms with van der Waals surface area (Å²) in [4.78, 5) is 1.87. The molecule has 1 fully saturated rings. The van der Waals surface area contributed by atoms with Gasteiger partial charge in [0.2, 0.25) is 0 Å². The van der Waals surface area contributed by atoms with Gasteiger partial charge in [-0.1, -0.05) is 19.9 Å². The number of hydrogen-bond acceptors (Lipinski definition) is 2. The molecule has 1 saturated heterocycles. The van der Waals surface area contributed by atoms with Gasteiger partial charge in [-0.3, -0.25) is 0 Å². The van der Waals surface area contributed by atoms with Crippen molar-refractivity contribution in [2.45, 2.75) is 51.2 Å². The maximum atomic E-state index is 13.6. The molecule has 5 heteroatoms. The average Bonchev–Trinajstić information content (AvgIpc) is 2.77. The highest BCUT2D eigenvalue weighted by Gasteiger charge is 2.44. The first-order chi connectivity index (χ1) is 10.8. The van der Waals surface area contributed by atoms with Gasteiger partial charge in [-0.2, -0.15) is 13.2 Å². The summed E-state index contributed by atoms with van der Waals surface area (Å²) >= 11 is 0. The third-order valence-electron chi connectivity index (χ3n) is 5.21. The van der Waals surface area contributed by atoms with Gasteiger partial charge in [0.25, 0.3) is 0 Å². The third kappa shape index (κ3) is 3.08. The van der Waals surface area contributed by atoms with E-state index in [0.29, 0.717) is 18.0 Å². The lowest BCUT2D eigenvalue weighted by atomic mass is 9.88. The van der Waals surface area contributed by atoms with Gasteiger partial charge < -0.3 is 10.2 Å². The Morgan fingerprint density at radius 2 is 2.04 bits per heavy atom. The Morgan fingerprint density at radius 1 is 1.30 bits per heavy atom. The molecule has 0 saturated carbocycles. The van der Waals surface area contributed by atoms with Gasteiger partial charge in [0.15, 0.2) is 0 Å². The second-order valence-corrected chi connectivity index (χ2v) is 7.29. The number of halogens is 3. The SMILES string of the molecule is CC(C)CCc1cc2c(c(C(F)(F)F)c1)N(C)C1CCNCC21. The Kier molecular flexibility index (Phi) is 4.34. The highest BCUT2D eigenvalue weighted by Crippen LogP contribution is 2.49. The van der Waals surface area contributed by atoms with E-state index in [1.54, 1.807) is 0 Å². The number of benzene rings is 1. The largest absolute Gasteiger partial charge is 0.418 e. The molecule has 0 aliphatic carbocycles. The number of aryl methyl sites for hydroxylation is 1. The van der Waals surface area contributed by atoms with Crippen LogP contribution in [-0.2, 0) is 12.6 Å². The quantitative estimate of drug-likeness (QED) is 0.896. The zero-order valence-electron chi connectivity index (χ0n) is 14.0. The summed E-state index contributed by atoms with van der Waals surface area (Å²) in [5.41, 5.74) is 1.66. The zero-order valence-corrected chi connectivity index (χ0v) is 14.0. The minimum Gasteiger partial charge on any atom is -0.370 e. The predicted molar refractivity (Wildman–Crippen MR) is 87.0 cm³/mol. The van der Waals surface area contributed by atoms with Gasteiger partial charge in [-0.05, 0) is 48.9 Å². The van der Waals surface area contributed by atoms with E-state index in [1.165, 1.54) is 6.07 Å². The van der Waals surface area contributed by atoms with Gasteiger partial charge in [0.1, 0.15) is 0 Å². The highest BCUT2D eigenvalue weighted by atomic mass is 19.4. The van der Waals surface area contributed by atoms with Crippen LogP contribution in [0.5, 0.6) is 0 Å². The first kappa shape index (κ1) is 16.6. The molecular weight excluding hydrogens is 301 g/mol. The molecule has 0 bridgehead atoms. The molecule has 0 radical (unpaired) electrons. The van der Waals surface area contributed by atoms with Crippen LogP contribution in [0.2, 0.25) is 0 Å². The molecule has 2 aliphatic heterocycles. The van der Waals surface area contributed by atoms with Crippen molar-refractivity contribution in [1.82, 2.24) is 5.32 Å². The van der Waals surface area contributed by atoms with E-state index in [-0.39, 0.29) is 12.0 Å². The molecule has 128 valence electrons. The van der Waals surface area contributed by atoms with Gasteiger partial charge in [0, 0.05) is 25.6 Å². The normalized spacial score (nSPS) is 24.0. The van der Waals surface area contributed by atoms with Crippen LogP contribution in [-0.4, -0.2) is 26.2 Å². The van der Waals surface area contributed by atoms with Gasteiger partial charge in [-0.15, -0.1) is 0 Å². The highest BCUT2D eigenvalue weighted by molar-refractivity contribution is 5.68. The second kappa shape index (κ2) is 6.00. The van der Waals surface area contributed by atoms with Crippen LogP contribution in [0.3, 0.4) is 0 Å². The van der Waals surface area contributed by atoms with Crippen LogP contribution < -0.4 is 10.2 Å². The zero-order chi connectivity index (χ0) is 16.8. The van der Waals surface area contributed by atoms with E-state index < -0.39 is 11.7 Å². The molecule has 2 nitrogen and oxygen atoms in total. The third-order valence-corrected chi connectivity index (χ3v) is 5.21. The topological polar surface area (TPSA) is 15.3 Å². The number of anilines is 1. The van der Waals surface area contributed by atoms with Crippen LogP contribution in [0, 0.1) is 5.92 Å². The minimum absolute atomic E-state index is 0.170. The molecule has 2 aliphatic rings. The fourth-order valence-corrected chi connectivity index (χ4v) is 4.00. The van der Waals surface area contributed by atoms with Crippen molar-refractivity contribution in [2.75, 3.05) is 25.0 Å². The number of likely N-dealkylation sites (N-methyl/N-ethyl adjacent to an activating group) is 1. The number of rotatable bonds is 3. The van der Waals surface area contributed by atoms with E-state index >= 15 is 0 Å². The fourth-order valence-electron chi connectivity index (χ4n) is 4.00. The Bertz CT molecular complexity index is 580. The monoisotopic (exact) mass is 326 g/mol. The molecule has 0 spiro atoms. The first-order valence-corrected chi connectivity index (χ1v) is 8.46. The Morgan fingerprint density at radius 3 is 2.70 bits per heavy atom. The number of fused-ring (bicyclic) bond motifs is 3. The standard InChI is InChI=1S/C18H25F3N2/c1-11(2)4-5-12-8-13-14-10-22-7-6-16(14)23(3)17(13)15(9-12)18(19,20)21/h8-9,11,14,16,22H,4-7,10H2,1-3H3. The molecule has 3 rings (SSSR count). The van der Waals surface area contributed by atoms with E-state index in [1.807, 2.05) is 18.0 Å². The maximum absolute atomic E-state index is 13.6. The van der Waals surface area contributed by atoms with Crippen molar-refractivity contribution in [3.05, 3.63) is 28.8 Å².